The molecular formula is C30H26ClN3O4. The topological polar surface area (TPSA) is 78.0 Å². The van der Waals surface area contributed by atoms with E-state index in [0.29, 0.717) is 10.6 Å². The van der Waals surface area contributed by atoms with Crippen LogP contribution >= 0.6 is 11.6 Å². The minimum Gasteiger partial charge on any atom is -0.342 e. The van der Waals surface area contributed by atoms with Crippen molar-refractivity contribution in [2.24, 2.45) is 11.8 Å². The fourth-order valence-electron chi connectivity index (χ4n) is 6.54. The van der Waals surface area contributed by atoms with Crippen molar-refractivity contribution in [3.8, 4) is 0 Å². The summed E-state index contributed by atoms with van der Waals surface area (Å²) in [5.41, 5.74) is 0.467. The molecular weight excluding hydrogens is 502 g/mol. The standard InChI is InChI=1S/C30H26ClN3O4/c1-32-18-23-24-25(28(37)33(27(24)36)17-20-10-6-3-7-11-20)30(29(32)38,16-19-8-4-2-5-9-19)34(23)26(35)21-12-14-22(31)15-13-21/h2-15,23-25H,16-18H2,1H3/t23?,24?,25?,30-/m1/s1. The van der Waals surface area contributed by atoms with E-state index in [1.807, 2.05) is 60.7 Å². The van der Waals surface area contributed by atoms with Gasteiger partial charge in [-0.05, 0) is 35.4 Å². The van der Waals surface area contributed by atoms with Crippen molar-refractivity contribution in [1.29, 1.82) is 0 Å². The van der Waals surface area contributed by atoms with Crippen LogP contribution in [-0.2, 0) is 27.3 Å². The Hall–Kier alpha value is -3.97. The highest BCUT2D eigenvalue weighted by atomic mass is 35.5. The highest BCUT2D eigenvalue weighted by Gasteiger charge is 2.75. The van der Waals surface area contributed by atoms with Crippen LogP contribution in [0.4, 0.5) is 0 Å². The number of nitrogens with zero attached hydrogens (tertiary/aromatic N) is 3. The molecule has 0 aromatic heterocycles. The number of benzene rings is 3. The van der Waals surface area contributed by atoms with E-state index in [2.05, 4.69) is 0 Å². The summed E-state index contributed by atoms with van der Waals surface area (Å²) in [6.07, 6.45) is 0.131. The van der Waals surface area contributed by atoms with Crippen molar-refractivity contribution < 1.29 is 19.2 Å². The van der Waals surface area contributed by atoms with Crippen LogP contribution in [0, 0.1) is 11.8 Å². The zero-order valence-corrected chi connectivity index (χ0v) is 21.5. The summed E-state index contributed by atoms with van der Waals surface area (Å²) in [5.74, 6) is -3.22. The molecule has 3 aliphatic heterocycles. The first-order valence-corrected chi connectivity index (χ1v) is 13.0. The molecule has 7 nitrogen and oxygen atoms in total. The number of amides is 4. The average molecular weight is 528 g/mol. The Kier molecular flexibility index (Phi) is 5.83. The number of imide groups is 1. The highest BCUT2D eigenvalue weighted by Crippen LogP contribution is 2.54. The maximum absolute atomic E-state index is 14.2. The van der Waals surface area contributed by atoms with Gasteiger partial charge in [0.05, 0.1) is 24.4 Å². The van der Waals surface area contributed by atoms with E-state index in [-0.39, 0.29) is 37.2 Å². The molecule has 8 heteroatoms. The normalized spacial score (nSPS) is 26.2. The minimum absolute atomic E-state index is 0.131. The molecule has 3 unspecified atom stereocenters. The van der Waals surface area contributed by atoms with Crippen LogP contribution in [0.1, 0.15) is 21.5 Å². The number of hydrogen-bond acceptors (Lipinski definition) is 4. The smallest absolute Gasteiger partial charge is 0.255 e. The van der Waals surface area contributed by atoms with Crippen LogP contribution in [0.25, 0.3) is 0 Å². The molecule has 6 rings (SSSR count). The highest BCUT2D eigenvalue weighted by molar-refractivity contribution is 6.30. The monoisotopic (exact) mass is 527 g/mol. The number of piperazine rings is 1. The summed E-state index contributed by atoms with van der Waals surface area (Å²) in [7, 11) is 1.68. The zero-order valence-electron chi connectivity index (χ0n) is 20.8. The second-order valence-electron chi connectivity index (χ2n) is 10.3. The van der Waals surface area contributed by atoms with Crippen molar-refractivity contribution >= 4 is 35.2 Å². The Morgan fingerprint density at radius 3 is 2.11 bits per heavy atom. The van der Waals surface area contributed by atoms with Gasteiger partial charge < -0.3 is 9.80 Å². The number of carbonyl (C=O) groups excluding carboxylic acids is 4. The molecule has 0 saturated carbocycles. The number of halogens is 1. The quantitative estimate of drug-likeness (QED) is 0.476. The summed E-state index contributed by atoms with van der Waals surface area (Å²) in [4.78, 5) is 60.8. The van der Waals surface area contributed by atoms with Crippen LogP contribution in [0.3, 0.4) is 0 Å². The molecule has 192 valence electrons. The molecule has 2 bridgehead atoms. The molecule has 3 saturated heterocycles. The van der Waals surface area contributed by atoms with E-state index >= 15 is 0 Å². The predicted octanol–water partition coefficient (Wildman–Crippen LogP) is 3.42. The van der Waals surface area contributed by atoms with Crippen molar-refractivity contribution in [3.63, 3.8) is 0 Å². The summed E-state index contributed by atoms with van der Waals surface area (Å²) >= 11 is 6.07. The molecule has 4 amide bonds. The third-order valence-corrected chi connectivity index (χ3v) is 8.37. The lowest BCUT2D eigenvalue weighted by Gasteiger charge is -2.49. The van der Waals surface area contributed by atoms with Gasteiger partial charge in [0.15, 0.2) is 0 Å². The van der Waals surface area contributed by atoms with E-state index in [1.54, 1.807) is 41.1 Å². The zero-order chi connectivity index (χ0) is 26.6. The lowest BCUT2D eigenvalue weighted by molar-refractivity contribution is -0.155. The van der Waals surface area contributed by atoms with Crippen LogP contribution in [0.2, 0.25) is 5.02 Å². The fraction of sp³-hybridized carbons (Fsp3) is 0.267. The Morgan fingerprint density at radius 1 is 0.868 bits per heavy atom. The second-order valence-corrected chi connectivity index (χ2v) is 10.7. The summed E-state index contributed by atoms with van der Waals surface area (Å²) in [6.45, 7) is 0.308. The molecule has 4 atom stereocenters. The van der Waals surface area contributed by atoms with Crippen molar-refractivity contribution in [2.75, 3.05) is 13.6 Å². The molecule has 3 heterocycles. The lowest BCUT2D eigenvalue weighted by atomic mass is 9.75. The Bertz CT molecular complexity index is 1430. The van der Waals surface area contributed by atoms with Gasteiger partial charge in [0, 0.05) is 30.6 Å². The molecule has 3 fully saturated rings. The molecule has 0 N–H and O–H groups in total. The van der Waals surface area contributed by atoms with E-state index in [9.17, 15) is 19.2 Å². The minimum atomic E-state index is -1.53. The molecule has 3 aromatic carbocycles. The largest absolute Gasteiger partial charge is 0.342 e. The number of hydrogen-bond donors (Lipinski definition) is 0. The lowest BCUT2D eigenvalue weighted by Crippen LogP contribution is -2.69. The molecule has 0 aliphatic carbocycles. The van der Waals surface area contributed by atoms with Gasteiger partial charge in [-0.1, -0.05) is 72.3 Å². The van der Waals surface area contributed by atoms with Crippen LogP contribution in [0.15, 0.2) is 84.9 Å². The SMILES string of the molecule is CN1CC2C3C(=O)N(Cc4ccccc4)C(=O)C3[C@](Cc3ccccc3)(C1=O)N2C(=O)c1ccc(Cl)cc1. The number of fused-ring (bicyclic) bond motifs is 5. The number of likely N-dealkylation sites (tertiary alicyclic amines) is 2. The van der Waals surface area contributed by atoms with Crippen molar-refractivity contribution in [3.05, 3.63) is 107 Å². The van der Waals surface area contributed by atoms with Gasteiger partial charge in [0.2, 0.25) is 17.7 Å². The Morgan fingerprint density at radius 2 is 1.47 bits per heavy atom. The summed E-state index contributed by atoms with van der Waals surface area (Å²) < 4.78 is 0. The van der Waals surface area contributed by atoms with E-state index < -0.39 is 29.3 Å². The van der Waals surface area contributed by atoms with Crippen LogP contribution in [0.5, 0.6) is 0 Å². The van der Waals surface area contributed by atoms with Gasteiger partial charge in [-0.15, -0.1) is 0 Å². The molecule has 3 aliphatic rings. The van der Waals surface area contributed by atoms with Gasteiger partial charge in [-0.3, -0.25) is 24.1 Å². The summed E-state index contributed by atoms with van der Waals surface area (Å²) in [6, 6.07) is 24.5. The Balaban J connectivity index is 1.50. The van der Waals surface area contributed by atoms with Gasteiger partial charge in [-0.25, -0.2) is 0 Å². The summed E-state index contributed by atoms with van der Waals surface area (Å²) in [5, 5.41) is 0.483. The molecule has 0 spiro atoms. The third-order valence-electron chi connectivity index (χ3n) is 8.12. The maximum atomic E-state index is 14.2. The van der Waals surface area contributed by atoms with Crippen LogP contribution in [-0.4, -0.2) is 63.5 Å². The predicted molar refractivity (Wildman–Crippen MR) is 141 cm³/mol. The molecule has 3 aromatic rings. The van der Waals surface area contributed by atoms with Crippen molar-refractivity contribution in [2.45, 2.75) is 24.5 Å². The maximum Gasteiger partial charge on any atom is 0.255 e. The van der Waals surface area contributed by atoms with Gasteiger partial charge >= 0.3 is 0 Å². The Labute approximate surface area is 225 Å². The first kappa shape index (κ1) is 24.4. The van der Waals surface area contributed by atoms with E-state index in [4.69, 9.17) is 11.6 Å². The van der Waals surface area contributed by atoms with Gasteiger partial charge in [0.1, 0.15) is 5.54 Å². The number of likely N-dealkylation sites (N-methyl/N-ethyl adjacent to an activating group) is 1. The number of rotatable bonds is 5. The molecule has 0 radical (unpaired) electrons. The fourth-order valence-corrected chi connectivity index (χ4v) is 6.66. The third kappa shape index (κ3) is 3.56. The van der Waals surface area contributed by atoms with Crippen LogP contribution < -0.4 is 0 Å². The van der Waals surface area contributed by atoms with Gasteiger partial charge in [-0.2, -0.15) is 0 Å². The van der Waals surface area contributed by atoms with E-state index in [1.165, 1.54) is 4.90 Å². The average Bonchev–Trinajstić information content (AvgIpc) is 3.31. The number of carbonyl (C=O) groups is 4. The first-order chi connectivity index (χ1) is 18.3. The van der Waals surface area contributed by atoms with E-state index in [0.717, 1.165) is 11.1 Å². The van der Waals surface area contributed by atoms with Gasteiger partial charge in [0.25, 0.3) is 5.91 Å². The molecule has 38 heavy (non-hydrogen) atoms. The second kappa shape index (κ2) is 9.10. The van der Waals surface area contributed by atoms with Crippen molar-refractivity contribution in [1.82, 2.24) is 14.7 Å². The first-order valence-electron chi connectivity index (χ1n) is 12.6.